The number of hydrogen-bond donors (Lipinski definition) is 2. The van der Waals surface area contributed by atoms with Crippen molar-refractivity contribution in [2.45, 2.75) is 64.4 Å². The number of carbonyl (C=O) groups excluding carboxylic acids is 2. The quantitative estimate of drug-likeness (QED) is 0.396. The SMILES string of the molecule is C=C1CC[C@@H]2C(c3ccccc3)c3c(O)c(C=O)c(O)c(C=O)c3O[C@@]2(C)CC[C@@H]2[C@@H]1CC2(C)C. The first-order valence-corrected chi connectivity index (χ1v) is 12.6. The van der Waals surface area contributed by atoms with Gasteiger partial charge in [-0.05, 0) is 61.8 Å². The summed E-state index contributed by atoms with van der Waals surface area (Å²) in [5.41, 5.74) is 1.95. The maximum Gasteiger partial charge on any atom is 0.157 e. The van der Waals surface area contributed by atoms with Gasteiger partial charge in [-0.2, -0.15) is 0 Å². The van der Waals surface area contributed by atoms with Gasteiger partial charge in [-0.15, -0.1) is 0 Å². The van der Waals surface area contributed by atoms with Crippen LogP contribution < -0.4 is 4.74 Å². The zero-order chi connectivity index (χ0) is 25.1. The van der Waals surface area contributed by atoms with Crippen molar-refractivity contribution in [2.24, 2.45) is 23.2 Å². The van der Waals surface area contributed by atoms with Gasteiger partial charge in [0.05, 0.1) is 11.1 Å². The van der Waals surface area contributed by atoms with Crippen molar-refractivity contribution in [3.63, 3.8) is 0 Å². The topological polar surface area (TPSA) is 83.8 Å². The fraction of sp³-hybridized carbons (Fsp3) is 0.467. The van der Waals surface area contributed by atoms with Gasteiger partial charge in [-0.1, -0.05) is 56.3 Å². The van der Waals surface area contributed by atoms with E-state index >= 15 is 0 Å². The Labute approximate surface area is 206 Å². The van der Waals surface area contributed by atoms with Gasteiger partial charge < -0.3 is 14.9 Å². The third-order valence-electron chi connectivity index (χ3n) is 9.23. The molecule has 5 nitrogen and oxygen atoms in total. The molecule has 2 aliphatic carbocycles. The van der Waals surface area contributed by atoms with Gasteiger partial charge in [-0.3, -0.25) is 9.59 Å². The van der Waals surface area contributed by atoms with Crippen molar-refractivity contribution in [1.82, 2.24) is 0 Å². The highest BCUT2D eigenvalue weighted by Gasteiger charge is 2.54. The molecule has 0 radical (unpaired) electrons. The van der Waals surface area contributed by atoms with E-state index in [0.29, 0.717) is 30.0 Å². The number of aldehydes is 2. The standard InChI is InChI=1S/C30H34O5/c1-17-10-11-23-24(18-8-6-5-7-9-18)25-27(34)20(15-31)26(33)21(16-32)28(25)35-30(23,4)13-12-22-19(17)14-29(22,2)3/h5-9,15-16,19,22-24,33-34H,1,10-14H2,2-4H3/t19-,22-,23-,24?,30+/m1/s1. The molecule has 1 aliphatic heterocycles. The van der Waals surface area contributed by atoms with Crippen molar-refractivity contribution in [2.75, 3.05) is 0 Å². The molecule has 2 aromatic carbocycles. The second-order valence-corrected chi connectivity index (χ2v) is 11.6. The largest absolute Gasteiger partial charge is 0.507 e. The zero-order valence-electron chi connectivity index (χ0n) is 20.7. The molecule has 2 aromatic rings. The second kappa shape index (κ2) is 8.25. The van der Waals surface area contributed by atoms with Gasteiger partial charge in [0.25, 0.3) is 0 Å². The van der Waals surface area contributed by atoms with Crippen LogP contribution in [0.25, 0.3) is 0 Å². The molecule has 0 saturated heterocycles. The molecule has 1 heterocycles. The molecule has 5 rings (SSSR count). The van der Waals surface area contributed by atoms with E-state index in [1.54, 1.807) is 0 Å². The summed E-state index contributed by atoms with van der Waals surface area (Å²) >= 11 is 0. The molecular formula is C30H34O5. The molecular weight excluding hydrogens is 440 g/mol. The first-order valence-electron chi connectivity index (χ1n) is 12.6. The molecule has 184 valence electrons. The number of benzene rings is 2. The minimum absolute atomic E-state index is 0.0239. The van der Waals surface area contributed by atoms with Gasteiger partial charge in [-0.25, -0.2) is 0 Å². The van der Waals surface area contributed by atoms with Gasteiger partial charge in [0.1, 0.15) is 22.8 Å². The van der Waals surface area contributed by atoms with Crippen molar-refractivity contribution in [1.29, 1.82) is 0 Å². The molecule has 5 atom stereocenters. The lowest BCUT2D eigenvalue weighted by Crippen LogP contribution is -2.49. The predicted octanol–water partition coefficient (Wildman–Crippen LogP) is 6.41. The summed E-state index contributed by atoms with van der Waals surface area (Å²) in [6, 6.07) is 9.89. The predicted molar refractivity (Wildman–Crippen MR) is 134 cm³/mol. The maximum absolute atomic E-state index is 12.1. The van der Waals surface area contributed by atoms with Crippen LogP contribution in [-0.2, 0) is 0 Å². The third-order valence-corrected chi connectivity index (χ3v) is 9.23. The van der Waals surface area contributed by atoms with E-state index < -0.39 is 11.4 Å². The molecule has 35 heavy (non-hydrogen) atoms. The third kappa shape index (κ3) is 3.50. The van der Waals surface area contributed by atoms with E-state index in [1.165, 1.54) is 5.57 Å². The van der Waals surface area contributed by atoms with Crippen molar-refractivity contribution in [3.05, 3.63) is 64.7 Å². The normalized spacial score (nSPS) is 31.2. The molecule has 2 saturated carbocycles. The van der Waals surface area contributed by atoms with Crippen LogP contribution in [0.5, 0.6) is 17.2 Å². The Hall–Kier alpha value is -3.08. The van der Waals surface area contributed by atoms with Gasteiger partial charge >= 0.3 is 0 Å². The lowest BCUT2D eigenvalue weighted by atomic mass is 9.52. The van der Waals surface area contributed by atoms with Crippen LogP contribution in [0.4, 0.5) is 0 Å². The average molecular weight is 475 g/mol. The highest BCUT2D eigenvalue weighted by molar-refractivity contribution is 5.95. The number of fused-ring (bicyclic) bond motifs is 3. The van der Waals surface area contributed by atoms with E-state index in [2.05, 4.69) is 27.4 Å². The summed E-state index contributed by atoms with van der Waals surface area (Å²) in [7, 11) is 0. The van der Waals surface area contributed by atoms with Crippen LogP contribution in [0.15, 0.2) is 42.5 Å². The van der Waals surface area contributed by atoms with Crippen molar-refractivity contribution < 1.29 is 24.5 Å². The van der Waals surface area contributed by atoms with Gasteiger partial charge in [0, 0.05) is 17.4 Å². The molecule has 3 aliphatic rings. The Kier molecular flexibility index (Phi) is 5.58. The Morgan fingerprint density at radius 2 is 1.66 bits per heavy atom. The van der Waals surface area contributed by atoms with Crippen LogP contribution in [0, 0.1) is 23.2 Å². The summed E-state index contributed by atoms with van der Waals surface area (Å²) in [4.78, 5) is 24.0. The Balaban J connectivity index is 1.73. The number of phenolic OH excluding ortho intramolecular Hbond substituents is 2. The van der Waals surface area contributed by atoms with Crippen LogP contribution >= 0.6 is 0 Å². The van der Waals surface area contributed by atoms with Crippen LogP contribution in [0.1, 0.15) is 90.6 Å². The van der Waals surface area contributed by atoms with E-state index in [-0.39, 0.29) is 39.9 Å². The molecule has 5 heteroatoms. The number of allylic oxidation sites excluding steroid dienone is 1. The molecule has 0 aromatic heterocycles. The van der Waals surface area contributed by atoms with Crippen LogP contribution in [0.3, 0.4) is 0 Å². The van der Waals surface area contributed by atoms with E-state index in [9.17, 15) is 19.8 Å². The van der Waals surface area contributed by atoms with Gasteiger partial charge in [0.15, 0.2) is 12.6 Å². The summed E-state index contributed by atoms with van der Waals surface area (Å²) in [5, 5.41) is 21.9. The van der Waals surface area contributed by atoms with Crippen LogP contribution in [-0.4, -0.2) is 28.4 Å². The fourth-order valence-corrected chi connectivity index (χ4v) is 7.25. The summed E-state index contributed by atoms with van der Waals surface area (Å²) < 4.78 is 6.66. The highest BCUT2D eigenvalue weighted by Crippen LogP contribution is 2.62. The monoisotopic (exact) mass is 474 g/mol. The number of phenols is 2. The van der Waals surface area contributed by atoms with E-state index in [4.69, 9.17) is 4.74 Å². The summed E-state index contributed by atoms with van der Waals surface area (Å²) in [6.07, 6.45) is 5.50. The molecule has 1 unspecified atom stereocenters. The van der Waals surface area contributed by atoms with Crippen molar-refractivity contribution >= 4 is 12.6 Å². The number of aromatic hydroxyl groups is 2. The number of rotatable bonds is 3. The molecule has 2 fully saturated rings. The minimum atomic E-state index is -0.631. The summed E-state index contributed by atoms with van der Waals surface area (Å²) in [6.45, 7) is 11.2. The van der Waals surface area contributed by atoms with Crippen LogP contribution in [0.2, 0.25) is 0 Å². The first kappa shape index (κ1) is 23.7. The molecule has 0 bridgehead atoms. The Morgan fingerprint density at radius 1 is 0.971 bits per heavy atom. The van der Waals surface area contributed by atoms with Gasteiger partial charge in [0.2, 0.25) is 0 Å². The Morgan fingerprint density at radius 3 is 2.29 bits per heavy atom. The lowest BCUT2D eigenvalue weighted by Gasteiger charge is -2.53. The second-order valence-electron chi connectivity index (χ2n) is 11.6. The molecule has 0 amide bonds. The minimum Gasteiger partial charge on any atom is -0.507 e. The first-order chi connectivity index (χ1) is 16.6. The number of hydrogen-bond acceptors (Lipinski definition) is 5. The fourth-order valence-electron chi connectivity index (χ4n) is 7.25. The van der Waals surface area contributed by atoms with E-state index in [1.807, 2.05) is 30.3 Å². The lowest BCUT2D eigenvalue weighted by molar-refractivity contribution is -0.0395. The number of ether oxygens (including phenoxy) is 1. The zero-order valence-corrected chi connectivity index (χ0v) is 20.7. The molecule has 2 N–H and O–H groups in total. The van der Waals surface area contributed by atoms with Crippen molar-refractivity contribution in [3.8, 4) is 17.2 Å². The molecule has 0 spiro atoms. The Bertz CT molecular complexity index is 1200. The summed E-state index contributed by atoms with van der Waals surface area (Å²) in [5.74, 6) is 0.0524. The van der Waals surface area contributed by atoms with E-state index in [0.717, 1.165) is 37.7 Å². The highest BCUT2D eigenvalue weighted by atomic mass is 16.5. The maximum atomic E-state index is 12.1. The number of carbonyl (C=O) groups is 2. The smallest absolute Gasteiger partial charge is 0.157 e. The average Bonchev–Trinajstić information content (AvgIpc) is 2.86.